The number of aryl methyl sites for hydroxylation is 1. The van der Waals surface area contributed by atoms with Crippen molar-refractivity contribution in [3.63, 3.8) is 0 Å². The smallest absolute Gasteiger partial charge is 0.260 e. The van der Waals surface area contributed by atoms with E-state index in [2.05, 4.69) is 4.98 Å². The average molecular weight is 270 g/mol. The first-order valence-electron chi connectivity index (χ1n) is 6.12. The first kappa shape index (κ1) is 13.5. The molecular weight excluding hydrogens is 252 g/mol. The van der Waals surface area contributed by atoms with Crippen molar-refractivity contribution in [1.29, 1.82) is 0 Å². The number of pyridine rings is 1. The van der Waals surface area contributed by atoms with Gasteiger partial charge in [-0.2, -0.15) is 4.31 Å². The fourth-order valence-electron chi connectivity index (χ4n) is 2.10. The minimum atomic E-state index is -3.58. The van der Waals surface area contributed by atoms with Gasteiger partial charge >= 0.3 is 0 Å². The van der Waals surface area contributed by atoms with Crippen LogP contribution in [-0.2, 0) is 10.0 Å². The summed E-state index contributed by atoms with van der Waals surface area (Å²) in [5.74, 6) is 0. The number of aliphatic hydroxyl groups is 1. The SMILES string of the molecule is Cc1cccc(S(=O)(=O)N2CCCCC(O)C2)n1. The molecule has 1 aliphatic heterocycles. The van der Waals surface area contributed by atoms with Crippen LogP contribution in [0.1, 0.15) is 25.0 Å². The largest absolute Gasteiger partial charge is 0.392 e. The molecule has 2 heterocycles. The lowest BCUT2D eigenvalue weighted by Crippen LogP contribution is -2.36. The Morgan fingerprint density at radius 1 is 1.39 bits per heavy atom. The van der Waals surface area contributed by atoms with Crippen molar-refractivity contribution in [3.05, 3.63) is 23.9 Å². The molecule has 2 rings (SSSR count). The highest BCUT2D eigenvalue weighted by atomic mass is 32.2. The fourth-order valence-corrected chi connectivity index (χ4v) is 3.61. The van der Waals surface area contributed by atoms with Crippen molar-refractivity contribution < 1.29 is 13.5 Å². The second-order valence-corrected chi connectivity index (χ2v) is 6.51. The number of aromatic nitrogens is 1. The Morgan fingerprint density at radius 3 is 2.89 bits per heavy atom. The Hall–Kier alpha value is -0.980. The third-order valence-corrected chi connectivity index (χ3v) is 4.84. The monoisotopic (exact) mass is 270 g/mol. The minimum Gasteiger partial charge on any atom is -0.392 e. The summed E-state index contributed by atoms with van der Waals surface area (Å²) >= 11 is 0. The van der Waals surface area contributed by atoms with E-state index in [1.54, 1.807) is 19.1 Å². The topological polar surface area (TPSA) is 70.5 Å². The van der Waals surface area contributed by atoms with E-state index in [4.69, 9.17) is 0 Å². The van der Waals surface area contributed by atoms with Crippen LogP contribution in [0.3, 0.4) is 0 Å². The van der Waals surface area contributed by atoms with Gasteiger partial charge in [0.2, 0.25) is 0 Å². The van der Waals surface area contributed by atoms with Gasteiger partial charge in [0.1, 0.15) is 0 Å². The van der Waals surface area contributed by atoms with E-state index in [-0.39, 0.29) is 11.6 Å². The van der Waals surface area contributed by atoms with Crippen molar-refractivity contribution in [2.24, 2.45) is 0 Å². The first-order chi connectivity index (χ1) is 8.50. The number of rotatable bonds is 2. The molecule has 18 heavy (non-hydrogen) atoms. The van der Waals surface area contributed by atoms with Crippen molar-refractivity contribution >= 4 is 10.0 Å². The highest BCUT2D eigenvalue weighted by Gasteiger charge is 2.29. The molecule has 1 aromatic heterocycles. The quantitative estimate of drug-likeness (QED) is 0.867. The summed E-state index contributed by atoms with van der Waals surface area (Å²) in [4.78, 5) is 4.06. The van der Waals surface area contributed by atoms with Gasteiger partial charge in [0.05, 0.1) is 6.10 Å². The summed E-state index contributed by atoms with van der Waals surface area (Å²) in [6.45, 7) is 2.38. The van der Waals surface area contributed by atoms with Gasteiger partial charge in [0.25, 0.3) is 10.0 Å². The lowest BCUT2D eigenvalue weighted by Gasteiger charge is -2.21. The molecule has 1 aliphatic rings. The predicted molar refractivity (Wildman–Crippen MR) is 67.6 cm³/mol. The van der Waals surface area contributed by atoms with Crippen molar-refractivity contribution in [3.8, 4) is 0 Å². The summed E-state index contributed by atoms with van der Waals surface area (Å²) in [5.41, 5.74) is 0.673. The summed E-state index contributed by atoms with van der Waals surface area (Å²) < 4.78 is 26.1. The third-order valence-electron chi connectivity index (χ3n) is 3.08. The zero-order valence-corrected chi connectivity index (χ0v) is 11.2. The predicted octanol–water partition coefficient (Wildman–Crippen LogP) is 0.926. The molecule has 0 radical (unpaired) electrons. The number of aliphatic hydroxyl groups excluding tert-OH is 1. The second-order valence-electron chi connectivity index (χ2n) is 4.63. The van der Waals surface area contributed by atoms with Crippen LogP contribution in [0, 0.1) is 6.92 Å². The molecule has 0 aliphatic carbocycles. The van der Waals surface area contributed by atoms with Crippen molar-refractivity contribution in [2.45, 2.75) is 37.3 Å². The Balaban J connectivity index is 2.30. The molecule has 0 aromatic carbocycles. The van der Waals surface area contributed by atoms with Crippen LogP contribution in [0.4, 0.5) is 0 Å². The van der Waals surface area contributed by atoms with Crippen LogP contribution in [-0.4, -0.2) is 42.0 Å². The van der Waals surface area contributed by atoms with Gasteiger partial charge in [-0.15, -0.1) is 0 Å². The molecule has 1 saturated heterocycles. The Labute approximate surface area is 108 Å². The van der Waals surface area contributed by atoms with Crippen molar-refractivity contribution in [2.75, 3.05) is 13.1 Å². The van der Waals surface area contributed by atoms with Crippen LogP contribution < -0.4 is 0 Å². The van der Waals surface area contributed by atoms with Crippen LogP contribution in [0.15, 0.2) is 23.2 Å². The molecule has 6 heteroatoms. The normalized spacial score (nSPS) is 22.7. The van der Waals surface area contributed by atoms with Crippen LogP contribution in [0.25, 0.3) is 0 Å². The van der Waals surface area contributed by atoms with E-state index in [0.717, 1.165) is 12.8 Å². The first-order valence-corrected chi connectivity index (χ1v) is 7.56. The average Bonchev–Trinajstić information content (AvgIpc) is 2.54. The third kappa shape index (κ3) is 2.88. The molecule has 1 atom stereocenters. The van der Waals surface area contributed by atoms with Gasteiger partial charge in [-0.3, -0.25) is 0 Å². The maximum atomic E-state index is 12.4. The van der Waals surface area contributed by atoms with Crippen molar-refractivity contribution in [1.82, 2.24) is 9.29 Å². The van der Waals surface area contributed by atoms with E-state index in [1.807, 2.05) is 0 Å². The summed E-state index contributed by atoms with van der Waals surface area (Å²) in [5, 5.41) is 9.76. The van der Waals surface area contributed by atoms with Gasteiger partial charge in [0.15, 0.2) is 5.03 Å². The number of β-amino-alcohol motifs (C(OH)–C–C–N with tert-alkyl or cyclic N) is 1. The van der Waals surface area contributed by atoms with Gasteiger partial charge in [-0.05, 0) is 38.3 Å². The molecule has 0 bridgehead atoms. The minimum absolute atomic E-state index is 0.0663. The molecule has 0 amide bonds. The van der Waals surface area contributed by atoms with Crippen LogP contribution in [0.2, 0.25) is 0 Å². The molecule has 0 spiro atoms. The molecule has 1 N–H and O–H groups in total. The lowest BCUT2D eigenvalue weighted by molar-refractivity contribution is 0.148. The zero-order valence-electron chi connectivity index (χ0n) is 10.4. The van der Waals surface area contributed by atoms with Crippen LogP contribution >= 0.6 is 0 Å². The number of hydrogen-bond donors (Lipinski definition) is 1. The van der Waals surface area contributed by atoms with Gasteiger partial charge in [-0.25, -0.2) is 13.4 Å². The molecule has 1 fully saturated rings. The van der Waals surface area contributed by atoms with E-state index >= 15 is 0 Å². The van der Waals surface area contributed by atoms with E-state index in [0.29, 0.717) is 18.7 Å². The molecule has 0 saturated carbocycles. The molecule has 100 valence electrons. The van der Waals surface area contributed by atoms with Gasteiger partial charge in [0, 0.05) is 18.8 Å². The number of hydrogen-bond acceptors (Lipinski definition) is 4. The van der Waals surface area contributed by atoms with E-state index < -0.39 is 16.1 Å². The fraction of sp³-hybridized carbons (Fsp3) is 0.583. The lowest BCUT2D eigenvalue weighted by atomic mass is 10.2. The van der Waals surface area contributed by atoms with E-state index in [1.165, 1.54) is 10.4 Å². The van der Waals surface area contributed by atoms with Gasteiger partial charge < -0.3 is 5.11 Å². The van der Waals surface area contributed by atoms with Crippen LogP contribution in [0.5, 0.6) is 0 Å². The highest BCUT2D eigenvalue weighted by molar-refractivity contribution is 7.89. The highest BCUT2D eigenvalue weighted by Crippen LogP contribution is 2.19. The maximum absolute atomic E-state index is 12.4. The standard InChI is InChI=1S/C12H18N2O3S/c1-10-5-4-7-12(13-10)18(16,17)14-8-3-2-6-11(15)9-14/h4-5,7,11,15H,2-3,6,8-9H2,1H3. The zero-order chi connectivity index (χ0) is 13.2. The molecular formula is C12H18N2O3S. The van der Waals surface area contributed by atoms with E-state index in [9.17, 15) is 13.5 Å². The summed E-state index contributed by atoms with van der Waals surface area (Å²) in [6, 6.07) is 4.94. The summed E-state index contributed by atoms with van der Waals surface area (Å²) in [6.07, 6.45) is 1.72. The van der Waals surface area contributed by atoms with Gasteiger partial charge in [-0.1, -0.05) is 6.07 Å². The second kappa shape index (κ2) is 5.34. The maximum Gasteiger partial charge on any atom is 0.260 e. The summed E-state index contributed by atoms with van der Waals surface area (Å²) in [7, 11) is -3.58. The Kier molecular flexibility index (Phi) is 3.99. The number of sulfonamides is 1. The number of nitrogens with zero attached hydrogens (tertiary/aromatic N) is 2. The Bertz CT molecular complexity index is 516. The molecule has 1 aromatic rings. The molecule has 1 unspecified atom stereocenters. The molecule has 5 nitrogen and oxygen atoms in total. The Morgan fingerprint density at radius 2 is 2.17 bits per heavy atom.